The third kappa shape index (κ3) is 4.76. The largest absolute Gasteiger partial charge is 0.329 e. The van der Waals surface area contributed by atoms with E-state index >= 15 is 0 Å². The fourth-order valence-electron chi connectivity index (χ4n) is 3.27. The van der Waals surface area contributed by atoms with Crippen LogP contribution in [0.2, 0.25) is 5.02 Å². The van der Waals surface area contributed by atoms with E-state index in [1.165, 1.54) is 44.1 Å². The van der Waals surface area contributed by atoms with Crippen molar-refractivity contribution >= 4 is 11.6 Å². The Kier molecular flexibility index (Phi) is 6.34. The monoisotopic (exact) mass is 294 g/mol. The molecule has 0 radical (unpaired) electrons. The topological polar surface area (TPSA) is 29.3 Å². The average Bonchev–Trinajstić information content (AvgIpc) is 2.48. The van der Waals surface area contributed by atoms with Gasteiger partial charge in [0.15, 0.2) is 0 Å². The molecule has 1 aliphatic rings. The van der Waals surface area contributed by atoms with Crippen molar-refractivity contribution in [3.05, 3.63) is 34.9 Å². The number of nitrogens with two attached hydrogens (primary N) is 1. The minimum absolute atomic E-state index is 0.494. The second-order valence-corrected chi connectivity index (χ2v) is 6.61. The minimum atomic E-state index is 0.494. The van der Waals surface area contributed by atoms with Gasteiger partial charge in [-0.15, -0.1) is 0 Å². The molecule has 0 heterocycles. The van der Waals surface area contributed by atoms with Gasteiger partial charge in [-0.2, -0.15) is 0 Å². The Hall–Kier alpha value is -0.570. The van der Waals surface area contributed by atoms with E-state index in [0.29, 0.717) is 6.04 Å². The third-order valence-electron chi connectivity index (χ3n) is 4.57. The van der Waals surface area contributed by atoms with Crippen molar-refractivity contribution in [1.29, 1.82) is 0 Å². The fraction of sp³-hybridized carbons (Fsp3) is 0.647. The van der Waals surface area contributed by atoms with Gasteiger partial charge in [-0.25, -0.2) is 0 Å². The van der Waals surface area contributed by atoms with E-state index in [1.807, 2.05) is 12.1 Å². The summed E-state index contributed by atoms with van der Waals surface area (Å²) in [6, 6.07) is 8.63. The lowest BCUT2D eigenvalue weighted by Crippen LogP contribution is -2.39. The van der Waals surface area contributed by atoms with Crippen LogP contribution >= 0.6 is 11.6 Å². The maximum atomic E-state index is 6.01. The molecule has 0 bridgehead atoms. The van der Waals surface area contributed by atoms with Crippen LogP contribution in [0, 0.1) is 5.92 Å². The molecule has 1 atom stereocenters. The number of hydrogen-bond donors (Lipinski definition) is 1. The molecule has 2 N–H and O–H groups in total. The van der Waals surface area contributed by atoms with Crippen LogP contribution in [-0.2, 0) is 6.54 Å². The maximum absolute atomic E-state index is 6.01. The summed E-state index contributed by atoms with van der Waals surface area (Å²) in [7, 11) is 2.19. The lowest BCUT2D eigenvalue weighted by molar-refractivity contribution is 0.185. The summed E-state index contributed by atoms with van der Waals surface area (Å²) < 4.78 is 0. The first-order chi connectivity index (χ1) is 9.69. The first-order valence-corrected chi connectivity index (χ1v) is 8.21. The van der Waals surface area contributed by atoms with Crippen molar-refractivity contribution in [3.63, 3.8) is 0 Å². The standard InChI is InChI=1S/C17H27ClN2/c1-20(13-15-7-9-16(18)10-8-15)17(12-19)11-14-5-3-2-4-6-14/h7-10,14,17H,2-6,11-13,19H2,1H3. The van der Waals surface area contributed by atoms with Gasteiger partial charge in [0.1, 0.15) is 0 Å². The maximum Gasteiger partial charge on any atom is 0.0406 e. The van der Waals surface area contributed by atoms with Crippen LogP contribution in [0.5, 0.6) is 0 Å². The quantitative estimate of drug-likeness (QED) is 0.857. The Morgan fingerprint density at radius 3 is 2.45 bits per heavy atom. The van der Waals surface area contributed by atoms with Crippen LogP contribution in [0.4, 0.5) is 0 Å². The van der Waals surface area contributed by atoms with E-state index in [0.717, 1.165) is 24.0 Å². The second-order valence-electron chi connectivity index (χ2n) is 6.17. The average molecular weight is 295 g/mol. The molecule has 1 unspecified atom stereocenters. The van der Waals surface area contributed by atoms with Gasteiger partial charge >= 0.3 is 0 Å². The summed E-state index contributed by atoms with van der Waals surface area (Å²) in [6.07, 6.45) is 8.27. The van der Waals surface area contributed by atoms with Crippen molar-refractivity contribution in [1.82, 2.24) is 4.90 Å². The molecular weight excluding hydrogens is 268 g/mol. The van der Waals surface area contributed by atoms with Crippen LogP contribution < -0.4 is 5.73 Å². The van der Waals surface area contributed by atoms with Crippen LogP contribution in [0.15, 0.2) is 24.3 Å². The Bertz CT molecular complexity index is 384. The highest BCUT2D eigenvalue weighted by molar-refractivity contribution is 6.30. The first kappa shape index (κ1) is 15.8. The molecule has 0 spiro atoms. The van der Waals surface area contributed by atoms with Crippen LogP contribution in [0.25, 0.3) is 0 Å². The fourth-order valence-corrected chi connectivity index (χ4v) is 3.40. The number of hydrogen-bond acceptors (Lipinski definition) is 2. The molecule has 0 aromatic heterocycles. The lowest BCUT2D eigenvalue weighted by Gasteiger charge is -2.32. The van der Waals surface area contributed by atoms with Gasteiger partial charge in [0.2, 0.25) is 0 Å². The molecule has 2 rings (SSSR count). The molecule has 0 amide bonds. The van der Waals surface area contributed by atoms with E-state index in [-0.39, 0.29) is 0 Å². The van der Waals surface area contributed by atoms with Gasteiger partial charge in [-0.1, -0.05) is 55.8 Å². The van der Waals surface area contributed by atoms with Crippen LogP contribution in [0.1, 0.15) is 44.1 Å². The zero-order chi connectivity index (χ0) is 14.4. The molecule has 1 aromatic rings. The van der Waals surface area contributed by atoms with E-state index in [2.05, 4.69) is 24.1 Å². The number of benzene rings is 1. The second kappa shape index (κ2) is 8.02. The molecule has 1 saturated carbocycles. The summed E-state index contributed by atoms with van der Waals surface area (Å²) in [5, 5.41) is 0.800. The summed E-state index contributed by atoms with van der Waals surface area (Å²) >= 11 is 5.93. The molecule has 20 heavy (non-hydrogen) atoms. The minimum Gasteiger partial charge on any atom is -0.329 e. The Labute approximate surface area is 128 Å². The predicted molar refractivity (Wildman–Crippen MR) is 87.0 cm³/mol. The molecule has 0 aliphatic heterocycles. The molecule has 1 aromatic carbocycles. The predicted octanol–water partition coefficient (Wildman–Crippen LogP) is 4.07. The highest BCUT2D eigenvalue weighted by atomic mass is 35.5. The first-order valence-electron chi connectivity index (χ1n) is 7.84. The van der Waals surface area contributed by atoms with Gasteiger partial charge < -0.3 is 5.73 Å². The van der Waals surface area contributed by atoms with Crippen LogP contribution in [-0.4, -0.2) is 24.5 Å². The Morgan fingerprint density at radius 2 is 1.85 bits per heavy atom. The van der Waals surface area contributed by atoms with Gasteiger partial charge in [0.05, 0.1) is 0 Å². The van der Waals surface area contributed by atoms with Crippen molar-refractivity contribution < 1.29 is 0 Å². The SMILES string of the molecule is CN(Cc1ccc(Cl)cc1)C(CN)CC1CCCCC1. The van der Waals surface area contributed by atoms with Crippen molar-refractivity contribution in [2.24, 2.45) is 11.7 Å². The zero-order valence-electron chi connectivity index (χ0n) is 12.5. The highest BCUT2D eigenvalue weighted by Gasteiger charge is 2.21. The summed E-state index contributed by atoms with van der Waals surface area (Å²) in [5.74, 6) is 0.880. The summed E-state index contributed by atoms with van der Waals surface area (Å²) in [5.41, 5.74) is 7.31. The van der Waals surface area contributed by atoms with Crippen molar-refractivity contribution in [2.75, 3.05) is 13.6 Å². The Balaban J connectivity index is 1.87. The molecule has 1 aliphatic carbocycles. The lowest BCUT2D eigenvalue weighted by atomic mass is 9.84. The number of nitrogens with zero attached hydrogens (tertiary/aromatic N) is 1. The van der Waals surface area contributed by atoms with E-state index < -0.39 is 0 Å². The van der Waals surface area contributed by atoms with E-state index in [4.69, 9.17) is 17.3 Å². The zero-order valence-corrected chi connectivity index (χ0v) is 13.3. The molecule has 1 fully saturated rings. The van der Waals surface area contributed by atoms with Crippen LogP contribution in [0.3, 0.4) is 0 Å². The number of rotatable bonds is 6. The van der Waals surface area contributed by atoms with Gasteiger partial charge in [0, 0.05) is 24.2 Å². The highest BCUT2D eigenvalue weighted by Crippen LogP contribution is 2.28. The smallest absolute Gasteiger partial charge is 0.0406 e. The van der Waals surface area contributed by atoms with Crippen molar-refractivity contribution in [3.8, 4) is 0 Å². The van der Waals surface area contributed by atoms with Gasteiger partial charge in [-0.3, -0.25) is 4.90 Å². The third-order valence-corrected chi connectivity index (χ3v) is 4.82. The van der Waals surface area contributed by atoms with E-state index in [1.54, 1.807) is 0 Å². The molecular formula is C17H27ClN2. The van der Waals surface area contributed by atoms with Crippen molar-refractivity contribution in [2.45, 2.75) is 51.1 Å². The molecule has 3 heteroatoms. The summed E-state index contributed by atoms with van der Waals surface area (Å²) in [4.78, 5) is 2.40. The number of halogens is 1. The molecule has 112 valence electrons. The summed E-state index contributed by atoms with van der Waals surface area (Å²) in [6.45, 7) is 1.70. The normalized spacial score (nSPS) is 18.4. The Morgan fingerprint density at radius 1 is 1.20 bits per heavy atom. The van der Waals surface area contributed by atoms with Gasteiger partial charge in [-0.05, 0) is 37.1 Å². The molecule has 2 nitrogen and oxygen atoms in total. The van der Waals surface area contributed by atoms with E-state index in [9.17, 15) is 0 Å². The van der Waals surface area contributed by atoms with Gasteiger partial charge in [0.25, 0.3) is 0 Å². The number of likely N-dealkylation sites (N-methyl/N-ethyl adjacent to an activating group) is 1. The molecule has 0 saturated heterocycles.